The molecule has 11 heteroatoms. The molecule has 37 heavy (non-hydrogen) atoms. The van der Waals surface area contributed by atoms with Crippen molar-refractivity contribution in [3.05, 3.63) is 92.9 Å². The van der Waals surface area contributed by atoms with E-state index in [-0.39, 0.29) is 25.6 Å². The molecule has 1 aliphatic heterocycles. The van der Waals surface area contributed by atoms with Crippen molar-refractivity contribution in [2.45, 2.75) is 44.2 Å². The van der Waals surface area contributed by atoms with Crippen LogP contribution in [-0.4, -0.2) is 39.9 Å². The minimum absolute atomic E-state index is 0.0158. The number of halogens is 1. The Morgan fingerprint density at radius 1 is 1.16 bits per heavy atom. The largest absolute Gasteiger partial charge is 0.455 e. The van der Waals surface area contributed by atoms with Crippen molar-refractivity contribution < 1.29 is 23.7 Å². The number of nitriles is 1. The predicted octanol–water partition coefficient (Wildman–Crippen LogP) is 3.11. The Kier molecular flexibility index (Phi) is 8.35. The number of carbonyl (C=O) groups excluding carboxylic acids is 1. The Bertz CT molecular complexity index is 1330. The maximum Gasteiger partial charge on any atom is 0.351 e. The van der Waals surface area contributed by atoms with Crippen LogP contribution in [0.3, 0.4) is 0 Å². The number of hydrogen-bond acceptors (Lipinski definition) is 9. The molecule has 0 saturated carbocycles. The Hall–Kier alpha value is -3.56. The topological polar surface area (TPSA) is 139 Å². The van der Waals surface area contributed by atoms with Crippen LogP contribution in [0.1, 0.15) is 24.3 Å². The van der Waals surface area contributed by atoms with Crippen LogP contribution in [-0.2, 0) is 37.0 Å². The maximum absolute atomic E-state index is 12.8. The Morgan fingerprint density at radius 3 is 2.38 bits per heavy atom. The molecule has 4 atom stereocenters. The Balaban J connectivity index is 1.70. The summed E-state index contributed by atoms with van der Waals surface area (Å²) < 4.78 is 25.3. The number of anilines is 1. The van der Waals surface area contributed by atoms with Crippen LogP contribution in [0.15, 0.2) is 76.1 Å². The van der Waals surface area contributed by atoms with E-state index in [4.69, 9.17) is 24.7 Å². The summed E-state index contributed by atoms with van der Waals surface area (Å²) >= 11 is 3.26. The first-order chi connectivity index (χ1) is 17.8. The zero-order valence-corrected chi connectivity index (χ0v) is 21.5. The van der Waals surface area contributed by atoms with Gasteiger partial charge < -0.3 is 24.7 Å². The summed E-state index contributed by atoms with van der Waals surface area (Å²) in [5, 5.41) is 10.4. The number of rotatable bonds is 9. The molecule has 0 bridgehead atoms. The molecule has 192 valence electrons. The highest BCUT2D eigenvalue weighted by Gasteiger charge is 2.60. The average molecular weight is 569 g/mol. The van der Waals surface area contributed by atoms with Crippen molar-refractivity contribution in [2.24, 2.45) is 0 Å². The standard InChI is InChI=1S/C26H25BrN4O6/c1-17(32)36-21-22(35-14-19-10-6-3-7-11-19)26(15-28,16-34-13-18-8-4-2-5-9-18)37-24(21)31-12-20(27)23(29)30-25(31)33/h2-12,21-22,24H,13-14,16H2,1H3,(H2,29,30,33)/t21-,22+,24-,26-/m1/s1. The van der Waals surface area contributed by atoms with E-state index in [1.54, 1.807) is 0 Å². The van der Waals surface area contributed by atoms with Gasteiger partial charge in [0.2, 0.25) is 5.60 Å². The zero-order valence-electron chi connectivity index (χ0n) is 20.0. The van der Waals surface area contributed by atoms with E-state index in [1.165, 1.54) is 13.1 Å². The first-order valence-corrected chi connectivity index (χ1v) is 12.2. The van der Waals surface area contributed by atoms with Crippen molar-refractivity contribution in [1.29, 1.82) is 5.26 Å². The lowest BCUT2D eigenvalue weighted by molar-refractivity contribution is -0.158. The molecule has 0 aliphatic carbocycles. The van der Waals surface area contributed by atoms with Gasteiger partial charge in [-0.15, -0.1) is 0 Å². The van der Waals surface area contributed by atoms with Gasteiger partial charge in [-0.1, -0.05) is 60.7 Å². The quantitative estimate of drug-likeness (QED) is 0.385. The summed E-state index contributed by atoms with van der Waals surface area (Å²) in [7, 11) is 0. The van der Waals surface area contributed by atoms with E-state index in [9.17, 15) is 14.9 Å². The van der Waals surface area contributed by atoms with Gasteiger partial charge in [0.15, 0.2) is 12.3 Å². The number of esters is 1. The third-order valence-electron chi connectivity index (χ3n) is 5.77. The number of benzene rings is 2. The van der Waals surface area contributed by atoms with E-state index in [2.05, 4.69) is 27.0 Å². The number of aromatic nitrogens is 2. The molecule has 2 N–H and O–H groups in total. The summed E-state index contributed by atoms with van der Waals surface area (Å²) in [6.45, 7) is 1.31. The molecule has 1 fully saturated rings. The van der Waals surface area contributed by atoms with Crippen LogP contribution in [0, 0.1) is 11.3 Å². The summed E-state index contributed by atoms with van der Waals surface area (Å²) in [4.78, 5) is 28.7. The molecular weight excluding hydrogens is 544 g/mol. The second-order valence-electron chi connectivity index (χ2n) is 8.44. The van der Waals surface area contributed by atoms with Crippen LogP contribution in [0.4, 0.5) is 5.82 Å². The minimum Gasteiger partial charge on any atom is -0.455 e. The number of nitrogen functional groups attached to an aromatic ring is 1. The lowest BCUT2D eigenvalue weighted by Gasteiger charge is -2.28. The zero-order chi connectivity index (χ0) is 26.4. The molecular formula is C26H25BrN4O6. The molecule has 10 nitrogen and oxygen atoms in total. The molecule has 2 aromatic carbocycles. The summed E-state index contributed by atoms with van der Waals surface area (Å²) in [5.41, 5.74) is 5.01. The second kappa shape index (κ2) is 11.7. The van der Waals surface area contributed by atoms with Gasteiger partial charge in [0.05, 0.1) is 24.3 Å². The molecule has 1 aromatic heterocycles. The fourth-order valence-corrected chi connectivity index (χ4v) is 4.36. The number of hydrogen-bond donors (Lipinski definition) is 1. The number of carbonyl (C=O) groups is 1. The lowest BCUT2D eigenvalue weighted by atomic mass is 9.97. The van der Waals surface area contributed by atoms with Gasteiger partial charge in [-0.05, 0) is 27.1 Å². The molecule has 1 aliphatic rings. The highest BCUT2D eigenvalue weighted by atomic mass is 79.9. The van der Waals surface area contributed by atoms with E-state index in [0.717, 1.165) is 15.7 Å². The predicted molar refractivity (Wildman–Crippen MR) is 136 cm³/mol. The monoisotopic (exact) mass is 568 g/mol. The lowest BCUT2D eigenvalue weighted by Crippen LogP contribution is -2.48. The number of ether oxygens (including phenoxy) is 4. The third kappa shape index (κ3) is 6.06. The summed E-state index contributed by atoms with van der Waals surface area (Å²) in [6, 6.07) is 20.9. The molecule has 2 heterocycles. The van der Waals surface area contributed by atoms with E-state index in [1.807, 2.05) is 60.7 Å². The van der Waals surface area contributed by atoms with Crippen LogP contribution in [0.5, 0.6) is 0 Å². The Labute approximate surface area is 221 Å². The van der Waals surface area contributed by atoms with E-state index >= 15 is 0 Å². The molecule has 0 spiro atoms. The van der Waals surface area contributed by atoms with Gasteiger partial charge in [0.1, 0.15) is 18.0 Å². The number of nitrogens with zero attached hydrogens (tertiary/aromatic N) is 3. The number of nitrogens with two attached hydrogens (primary N) is 1. The van der Waals surface area contributed by atoms with Crippen molar-refractivity contribution in [2.75, 3.05) is 12.3 Å². The van der Waals surface area contributed by atoms with Crippen molar-refractivity contribution in [3.8, 4) is 6.07 Å². The fourth-order valence-electron chi connectivity index (χ4n) is 4.05. The first kappa shape index (κ1) is 26.5. The van der Waals surface area contributed by atoms with Crippen LogP contribution in [0.25, 0.3) is 0 Å². The highest BCUT2D eigenvalue weighted by molar-refractivity contribution is 9.10. The van der Waals surface area contributed by atoms with Gasteiger partial charge in [0, 0.05) is 13.1 Å². The molecule has 0 unspecified atom stereocenters. The normalized spacial score (nSPS) is 22.9. The molecule has 0 radical (unpaired) electrons. The van der Waals surface area contributed by atoms with Crippen molar-refractivity contribution >= 4 is 27.7 Å². The highest BCUT2D eigenvalue weighted by Crippen LogP contribution is 2.41. The van der Waals surface area contributed by atoms with Crippen LogP contribution >= 0.6 is 15.9 Å². The second-order valence-corrected chi connectivity index (χ2v) is 9.30. The van der Waals surface area contributed by atoms with Gasteiger partial charge in [-0.2, -0.15) is 10.2 Å². The average Bonchev–Trinajstić information content (AvgIpc) is 3.18. The van der Waals surface area contributed by atoms with Gasteiger partial charge in [0.25, 0.3) is 0 Å². The SMILES string of the molecule is CC(=O)O[C@H]1[C@H](n2cc(Br)c(N)nc2=O)O[C@](C#N)(COCc2ccccc2)[C@H]1OCc1ccccc1. The van der Waals surface area contributed by atoms with E-state index in [0.29, 0.717) is 4.47 Å². The minimum atomic E-state index is -1.72. The van der Waals surface area contributed by atoms with Crippen LogP contribution < -0.4 is 11.4 Å². The van der Waals surface area contributed by atoms with Gasteiger partial charge in [-0.25, -0.2) is 4.79 Å². The molecule has 1 saturated heterocycles. The Morgan fingerprint density at radius 2 is 1.78 bits per heavy atom. The summed E-state index contributed by atoms with van der Waals surface area (Å²) in [6.07, 6.45) is -2.14. The first-order valence-electron chi connectivity index (χ1n) is 11.4. The van der Waals surface area contributed by atoms with Gasteiger partial charge >= 0.3 is 11.7 Å². The maximum atomic E-state index is 12.8. The van der Waals surface area contributed by atoms with Crippen LogP contribution in [0.2, 0.25) is 0 Å². The van der Waals surface area contributed by atoms with Crippen molar-refractivity contribution in [3.63, 3.8) is 0 Å². The third-order valence-corrected chi connectivity index (χ3v) is 6.38. The van der Waals surface area contributed by atoms with E-state index < -0.39 is 35.7 Å². The summed E-state index contributed by atoms with van der Waals surface area (Å²) in [5.74, 6) is -0.653. The fraction of sp³-hybridized carbons (Fsp3) is 0.308. The smallest absolute Gasteiger partial charge is 0.351 e. The molecule has 3 aromatic rings. The van der Waals surface area contributed by atoms with Gasteiger partial charge in [-0.3, -0.25) is 9.36 Å². The molecule has 4 rings (SSSR count). The molecule has 0 amide bonds. The van der Waals surface area contributed by atoms with Crippen molar-refractivity contribution in [1.82, 2.24) is 9.55 Å².